The Balaban J connectivity index is 2.57. The lowest BCUT2D eigenvalue weighted by Crippen LogP contribution is -2.25. The molecule has 5 heteroatoms. The average Bonchev–Trinajstić information content (AvgIpc) is 2.35. The van der Waals surface area contributed by atoms with Crippen LogP contribution in [0.15, 0.2) is 18.3 Å². The van der Waals surface area contributed by atoms with Crippen molar-refractivity contribution in [2.75, 3.05) is 19.7 Å². The number of aliphatic hydroxyl groups is 1. The highest BCUT2D eigenvalue weighted by Gasteiger charge is 2.06. The molecule has 0 atom stereocenters. The highest BCUT2D eigenvalue weighted by Crippen LogP contribution is 2.04. The lowest BCUT2D eigenvalue weighted by molar-refractivity contribution is 0.0696. The molecular formula is C12H18N2O3. The van der Waals surface area contributed by atoms with Gasteiger partial charge in [-0.2, -0.15) is 0 Å². The van der Waals surface area contributed by atoms with E-state index in [1.807, 2.05) is 6.92 Å². The Hall–Kier alpha value is -1.46. The number of carboxylic acids is 1. The number of rotatable bonds is 7. The molecule has 1 heterocycles. The number of pyridine rings is 1. The molecule has 0 fully saturated rings. The standard InChI is InChI=1S/C12H18N2O3/c1-2-14(6-3-7-15)9-11-5-4-10(8-13-11)12(16)17/h4-5,8,15H,2-3,6-7,9H2,1H3,(H,16,17). The maximum absolute atomic E-state index is 10.7. The van der Waals surface area contributed by atoms with E-state index in [9.17, 15) is 4.79 Å². The van der Waals surface area contributed by atoms with Crippen molar-refractivity contribution in [3.05, 3.63) is 29.6 Å². The molecule has 0 spiro atoms. The summed E-state index contributed by atoms with van der Waals surface area (Å²) in [6.07, 6.45) is 2.11. The number of carboxylic acid groups (broad SMARTS) is 1. The molecule has 0 amide bonds. The van der Waals surface area contributed by atoms with E-state index in [1.165, 1.54) is 6.20 Å². The third kappa shape index (κ3) is 4.50. The predicted molar refractivity (Wildman–Crippen MR) is 63.9 cm³/mol. The van der Waals surface area contributed by atoms with Gasteiger partial charge < -0.3 is 10.2 Å². The number of aromatic carboxylic acids is 1. The summed E-state index contributed by atoms with van der Waals surface area (Å²) in [6.45, 7) is 4.60. The van der Waals surface area contributed by atoms with Crippen LogP contribution in [0.1, 0.15) is 29.4 Å². The summed E-state index contributed by atoms with van der Waals surface area (Å²) in [5.74, 6) is -0.961. The van der Waals surface area contributed by atoms with Crippen LogP contribution in [0.3, 0.4) is 0 Å². The number of nitrogens with zero attached hydrogens (tertiary/aromatic N) is 2. The summed E-state index contributed by atoms with van der Waals surface area (Å²) in [5, 5.41) is 17.5. The average molecular weight is 238 g/mol. The summed E-state index contributed by atoms with van der Waals surface area (Å²) in [7, 11) is 0. The first-order chi connectivity index (χ1) is 8.17. The molecule has 0 aromatic carbocycles. The normalized spacial score (nSPS) is 10.8. The van der Waals surface area contributed by atoms with Gasteiger partial charge in [0.05, 0.1) is 11.3 Å². The van der Waals surface area contributed by atoms with Gasteiger partial charge in [0, 0.05) is 25.9 Å². The minimum absolute atomic E-state index is 0.182. The van der Waals surface area contributed by atoms with Crippen LogP contribution in [-0.2, 0) is 6.54 Å². The van der Waals surface area contributed by atoms with Crippen molar-refractivity contribution < 1.29 is 15.0 Å². The fraction of sp³-hybridized carbons (Fsp3) is 0.500. The molecule has 0 saturated heterocycles. The third-order valence-electron chi connectivity index (χ3n) is 2.54. The Morgan fingerprint density at radius 3 is 2.71 bits per heavy atom. The first kappa shape index (κ1) is 13.6. The van der Waals surface area contributed by atoms with Gasteiger partial charge >= 0.3 is 5.97 Å². The number of hydrogen-bond donors (Lipinski definition) is 2. The van der Waals surface area contributed by atoms with Gasteiger partial charge in [0.25, 0.3) is 0 Å². The second-order valence-corrected chi connectivity index (χ2v) is 3.79. The van der Waals surface area contributed by atoms with Crippen molar-refractivity contribution in [2.24, 2.45) is 0 Å². The largest absolute Gasteiger partial charge is 0.478 e. The number of carbonyl (C=O) groups is 1. The molecule has 0 saturated carbocycles. The lowest BCUT2D eigenvalue weighted by atomic mass is 10.2. The molecule has 17 heavy (non-hydrogen) atoms. The van der Waals surface area contributed by atoms with Crippen LogP contribution in [0.2, 0.25) is 0 Å². The predicted octanol–water partition coefficient (Wildman–Crippen LogP) is 0.984. The van der Waals surface area contributed by atoms with Crippen LogP contribution in [0, 0.1) is 0 Å². The fourth-order valence-electron chi connectivity index (χ4n) is 1.52. The first-order valence-electron chi connectivity index (χ1n) is 5.68. The summed E-state index contributed by atoms with van der Waals surface area (Å²) in [5.41, 5.74) is 1.04. The van der Waals surface area contributed by atoms with Gasteiger partial charge in [0.15, 0.2) is 0 Å². The van der Waals surface area contributed by atoms with Gasteiger partial charge in [-0.1, -0.05) is 6.92 Å². The number of aliphatic hydroxyl groups excluding tert-OH is 1. The van der Waals surface area contributed by atoms with Crippen LogP contribution in [0.4, 0.5) is 0 Å². The van der Waals surface area contributed by atoms with Gasteiger partial charge in [-0.05, 0) is 25.1 Å². The van der Waals surface area contributed by atoms with E-state index >= 15 is 0 Å². The van der Waals surface area contributed by atoms with E-state index in [0.717, 1.165) is 25.2 Å². The minimum atomic E-state index is -0.961. The SMILES string of the molecule is CCN(CCCO)Cc1ccc(C(=O)O)cn1. The molecule has 5 nitrogen and oxygen atoms in total. The zero-order chi connectivity index (χ0) is 12.7. The minimum Gasteiger partial charge on any atom is -0.478 e. The molecule has 0 aliphatic rings. The molecule has 0 unspecified atom stereocenters. The maximum atomic E-state index is 10.7. The Bertz CT molecular complexity index is 351. The van der Waals surface area contributed by atoms with E-state index in [0.29, 0.717) is 6.54 Å². The lowest BCUT2D eigenvalue weighted by Gasteiger charge is -2.19. The van der Waals surface area contributed by atoms with Crippen molar-refractivity contribution in [3.8, 4) is 0 Å². The molecule has 0 radical (unpaired) electrons. The smallest absolute Gasteiger partial charge is 0.337 e. The van der Waals surface area contributed by atoms with Crippen LogP contribution >= 0.6 is 0 Å². The van der Waals surface area contributed by atoms with Crippen molar-refractivity contribution in [3.63, 3.8) is 0 Å². The third-order valence-corrected chi connectivity index (χ3v) is 2.54. The van der Waals surface area contributed by atoms with Gasteiger partial charge in [-0.3, -0.25) is 9.88 Å². The highest BCUT2D eigenvalue weighted by atomic mass is 16.4. The first-order valence-corrected chi connectivity index (χ1v) is 5.68. The van der Waals surface area contributed by atoms with E-state index in [2.05, 4.69) is 9.88 Å². The molecule has 1 aromatic heterocycles. The topological polar surface area (TPSA) is 73.7 Å². The van der Waals surface area contributed by atoms with Crippen LogP contribution < -0.4 is 0 Å². The second kappa shape index (κ2) is 6.98. The molecular weight excluding hydrogens is 220 g/mol. The summed E-state index contributed by atoms with van der Waals surface area (Å²) >= 11 is 0. The molecule has 1 aromatic rings. The molecule has 2 N–H and O–H groups in total. The Labute approximate surface area is 101 Å². The van der Waals surface area contributed by atoms with Crippen molar-refractivity contribution >= 4 is 5.97 Å². The highest BCUT2D eigenvalue weighted by molar-refractivity contribution is 5.87. The Morgan fingerprint density at radius 2 is 2.24 bits per heavy atom. The molecule has 94 valence electrons. The summed E-state index contributed by atoms with van der Waals surface area (Å²) < 4.78 is 0. The van der Waals surface area contributed by atoms with Crippen molar-refractivity contribution in [2.45, 2.75) is 19.9 Å². The van der Waals surface area contributed by atoms with Crippen molar-refractivity contribution in [1.29, 1.82) is 0 Å². The van der Waals surface area contributed by atoms with E-state index in [-0.39, 0.29) is 12.2 Å². The maximum Gasteiger partial charge on any atom is 0.337 e. The monoisotopic (exact) mass is 238 g/mol. The summed E-state index contributed by atoms with van der Waals surface area (Å²) in [4.78, 5) is 16.9. The van der Waals surface area contributed by atoms with Gasteiger partial charge in [-0.25, -0.2) is 4.79 Å². The van der Waals surface area contributed by atoms with E-state index in [4.69, 9.17) is 10.2 Å². The van der Waals surface area contributed by atoms with E-state index < -0.39 is 5.97 Å². The Kier molecular flexibility index (Phi) is 5.59. The van der Waals surface area contributed by atoms with Crippen molar-refractivity contribution in [1.82, 2.24) is 9.88 Å². The molecule has 0 bridgehead atoms. The quantitative estimate of drug-likeness (QED) is 0.741. The number of aromatic nitrogens is 1. The van der Waals surface area contributed by atoms with Gasteiger partial charge in [0.1, 0.15) is 0 Å². The van der Waals surface area contributed by atoms with E-state index in [1.54, 1.807) is 12.1 Å². The summed E-state index contributed by atoms with van der Waals surface area (Å²) in [6, 6.07) is 3.29. The Morgan fingerprint density at radius 1 is 1.47 bits per heavy atom. The number of hydrogen-bond acceptors (Lipinski definition) is 4. The van der Waals surface area contributed by atoms with Crippen LogP contribution in [0.25, 0.3) is 0 Å². The van der Waals surface area contributed by atoms with Crippen LogP contribution in [-0.4, -0.2) is 45.8 Å². The molecule has 0 aliphatic carbocycles. The fourth-order valence-corrected chi connectivity index (χ4v) is 1.52. The second-order valence-electron chi connectivity index (χ2n) is 3.79. The zero-order valence-corrected chi connectivity index (χ0v) is 9.96. The zero-order valence-electron chi connectivity index (χ0n) is 9.96. The van der Waals surface area contributed by atoms with Crippen LogP contribution in [0.5, 0.6) is 0 Å². The van der Waals surface area contributed by atoms with Gasteiger partial charge in [-0.15, -0.1) is 0 Å². The van der Waals surface area contributed by atoms with Gasteiger partial charge in [0.2, 0.25) is 0 Å². The molecule has 1 rings (SSSR count). The molecule has 0 aliphatic heterocycles.